The SMILES string of the molecule is CC(C)c1[nH]nc(C(=O)N2CCOCC2CO)c1N. The number of aromatic nitrogens is 2. The highest BCUT2D eigenvalue weighted by molar-refractivity contribution is 5.98. The van der Waals surface area contributed by atoms with Crippen LogP contribution in [0.4, 0.5) is 5.69 Å². The fraction of sp³-hybridized carbons (Fsp3) is 0.667. The molecule has 1 saturated heterocycles. The number of morpholine rings is 1. The van der Waals surface area contributed by atoms with E-state index in [1.807, 2.05) is 13.8 Å². The Morgan fingerprint density at radius 3 is 3.00 bits per heavy atom. The van der Waals surface area contributed by atoms with Gasteiger partial charge in [0.05, 0.1) is 37.2 Å². The lowest BCUT2D eigenvalue weighted by Crippen LogP contribution is -2.50. The molecule has 1 aliphatic heterocycles. The topological polar surface area (TPSA) is 104 Å². The Balaban J connectivity index is 2.23. The third-order valence-corrected chi connectivity index (χ3v) is 3.31. The molecule has 1 aromatic heterocycles. The van der Waals surface area contributed by atoms with Crippen molar-refractivity contribution in [3.05, 3.63) is 11.4 Å². The van der Waals surface area contributed by atoms with E-state index < -0.39 is 0 Å². The van der Waals surface area contributed by atoms with E-state index in [0.29, 0.717) is 25.4 Å². The molecule has 0 radical (unpaired) electrons. The van der Waals surface area contributed by atoms with Crippen LogP contribution in [0.15, 0.2) is 0 Å². The summed E-state index contributed by atoms with van der Waals surface area (Å²) < 4.78 is 5.25. The second-order valence-electron chi connectivity index (χ2n) is 4.96. The van der Waals surface area contributed by atoms with Gasteiger partial charge < -0.3 is 20.5 Å². The molecule has 0 saturated carbocycles. The lowest BCUT2D eigenvalue weighted by molar-refractivity contribution is -0.0186. The molecule has 1 amide bonds. The Bertz CT molecular complexity index is 458. The number of hydrogen-bond donors (Lipinski definition) is 3. The summed E-state index contributed by atoms with van der Waals surface area (Å²) in [6.45, 7) is 5.06. The van der Waals surface area contributed by atoms with Crippen LogP contribution >= 0.6 is 0 Å². The van der Waals surface area contributed by atoms with Crippen LogP contribution in [0, 0.1) is 0 Å². The van der Waals surface area contributed by atoms with Crippen molar-refractivity contribution in [3.63, 3.8) is 0 Å². The van der Waals surface area contributed by atoms with Crippen LogP contribution < -0.4 is 5.73 Å². The maximum absolute atomic E-state index is 12.4. The van der Waals surface area contributed by atoms with Crippen molar-refractivity contribution in [3.8, 4) is 0 Å². The molecule has 1 aliphatic rings. The number of carbonyl (C=O) groups is 1. The van der Waals surface area contributed by atoms with Crippen LogP contribution in [-0.2, 0) is 4.74 Å². The number of ether oxygens (including phenoxy) is 1. The third kappa shape index (κ3) is 2.57. The number of aliphatic hydroxyl groups is 1. The van der Waals surface area contributed by atoms with Gasteiger partial charge in [0.25, 0.3) is 5.91 Å². The average Bonchev–Trinajstić information content (AvgIpc) is 2.80. The second kappa shape index (κ2) is 5.58. The summed E-state index contributed by atoms with van der Waals surface area (Å²) in [6, 6.07) is -0.333. The number of rotatable bonds is 3. The zero-order valence-corrected chi connectivity index (χ0v) is 11.2. The average molecular weight is 268 g/mol. The number of H-pyrrole nitrogens is 1. The van der Waals surface area contributed by atoms with Crippen LogP contribution in [0.3, 0.4) is 0 Å². The highest BCUT2D eigenvalue weighted by Crippen LogP contribution is 2.24. The molecule has 19 heavy (non-hydrogen) atoms. The summed E-state index contributed by atoms with van der Waals surface area (Å²) in [7, 11) is 0. The van der Waals surface area contributed by atoms with Gasteiger partial charge in [-0.15, -0.1) is 0 Å². The fourth-order valence-corrected chi connectivity index (χ4v) is 2.18. The first-order chi connectivity index (χ1) is 9.06. The molecule has 4 N–H and O–H groups in total. The molecular formula is C12H20N4O3. The van der Waals surface area contributed by atoms with Crippen molar-refractivity contribution in [2.45, 2.75) is 25.8 Å². The molecule has 7 nitrogen and oxygen atoms in total. The maximum atomic E-state index is 12.4. The van der Waals surface area contributed by atoms with E-state index in [0.717, 1.165) is 5.69 Å². The second-order valence-corrected chi connectivity index (χ2v) is 4.96. The number of carbonyl (C=O) groups excluding carboxylic acids is 1. The van der Waals surface area contributed by atoms with Gasteiger partial charge in [-0.2, -0.15) is 5.10 Å². The number of nitrogens with zero attached hydrogens (tertiary/aromatic N) is 2. The van der Waals surface area contributed by atoms with Gasteiger partial charge in [0.1, 0.15) is 0 Å². The molecule has 0 bridgehead atoms. The van der Waals surface area contributed by atoms with Gasteiger partial charge in [-0.1, -0.05) is 13.8 Å². The Morgan fingerprint density at radius 2 is 2.42 bits per heavy atom. The summed E-state index contributed by atoms with van der Waals surface area (Å²) in [5.41, 5.74) is 7.34. The lowest BCUT2D eigenvalue weighted by atomic mass is 10.1. The third-order valence-electron chi connectivity index (χ3n) is 3.31. The number of amides is 1. The van der Waals surface area contributed by atoms with E-state index in [1.165, 1.54) is 0 Å². The summed E-state index contributed by atoms with van der Waals surface area (Å²) in [5, 5.41) is 16.1. The molecular weight excluding hydrogens is 248 g/mol. The van der Waals surface area contributed by atoms with Gasteiger partial charge in [0.2, 0.25) is 0 Å². The van der Waals surface area contributed by atoms with Gasteiger partial charge in [-0.05, 0) is 5.92 Å². The molecule has 2 heterocycles. The van der Waals surface area contributed by atoms with Gasteiger partial charge in [0, 0.05) is 6.54 Å². The Labute approximate surface area is 111 Å². The highest BCUT2D eigenvalue weighted by atomic mass is 16.5. The molecule has 1 unspecified atom stereocenters. The van der Waals surface area contributed by atoms with Gasteiger partial charge in [0.15, 0.2) is 5.69 Å². The highest BCUT2D eigenvalue weighted by Gasteiger charge is 2.31. The van der Waals surface area contributed by atoms with Crippen molar-refractivity contribution >= 4 is 11.6 Å². The molecule has 7 heteroatoms. The molecule has 1 atom stereocenters. The molecule has 106 valence electrons. The predicted octanol–water partition coefficient (Wildman–Crippen LogP) is -0.0514. The van der Waals surface area contributed by atoms with Crippen LogP contribution in [0.5, 0.6) is 0 Å². The van der Waals surface area contributed by atoms with Crippen LogP contribution in [0.25, 0.3) is 0 Å². The standard InChI is InChI=1S/C12H20N4O3/c1-7(2)10-9(13)11(15-14-10)12(18)16-3-4-19-6-8(16)5-17/h7-8,17H,3-6,13H2,1-2H3,(H,14,15). The molecule has 0 spiro atoms. The van der Waals surface area contributed by atoms with Crippen molar-refractivity contribution < 1.29 is 14.6 Å². The largest absolute Gasteiger partial charge is 0.395 e. The number of nitrogens with two attached hydrogens (primary N) is 1. The van der Waals surface area contributed by atoms with E-state index in [1.54, 1.807) is 4.90 Å². The van der Waals surface area contributed by atoms with Crippen LogP contribution in [-0.4, -0.2) is 58.5 Å². The first-order valence-corrected chi connectivity index (χ1v) is 6.39. The molecule has 1 aromatic rings. The number of hydrogen-bond acceptors (Lipinski definition) is 5. The van der Waals surface area contributed by atoms with Crippen LogP contribution in [0.1, 0.15) is 35.9 Å². The van der Waals surface area contributed by atoms with Crippen LogP contribution in [0.2, 0.25) is 0 Å². The summed E-state index contributed by atoms with van der Waals surface area (Å²) in [6.07, 6.45) is 0. The number of aliphatic hydroxyl groups excluding tert-OH is 1. The smallest absolute Gasteiger partial charge is 0.277 e. The van der Waals surface area contributed by atoms with E-state index in [4.69, 9.17) is 10.5 Å². The lowest BCUT2D eigenvalue weighted by Gasteiger charge is -2.34. The van der Waals surface area contributed by atoms with Gasteiger partial charge in [-0.25, -0.2) is 0 Å². The quantitative estimate of drug-likeness (QED) is 0.713. The minimum atomic E-state index is -0.333. The Kier molecular flexibility index (Phi) is 4.06. The van der Waals surface area contributed by atoms with Crippen molar-refractivity contribution in [2.24, 2.45) is 0 Å². The number of anilines is 1. The number of aromatic amines is 1. The minimum absolute atomic E-state index is 0.132. The van der Waals surface area contributed by atoms with E-state index in [2.05, 4.69) is 10.2 Å². The molecule has 1 fully saturated rings. The minimum Gasteiger partial charge on any atom is -0.395 e. The normalized spacial score (nSPS) is 20.0. The maximum Gasteiger partial charge on any atom is 0.277 e. The number of nitrogens with one attached hydrogen (secondary N) is 1. The summed E-state index contributed by atoms with van der Waals surface area (Å²) in [4.78, 5) is 14.0. The van der Waals surface area contributed by atoms with Gasteiger partial charge in [-0.3, -0.25) is 9.89 Å². The summed E-state index contributed by atoms with van der Waals surface area (Å²) >= 11 is 0. The first kappa shape index (κ1) is 13.8. The summed E-state index contributed by atoms with van der Waals surface area (Å²) in [5.74, 6) is -0.0876. The van der Waals surface area contributed by atoms with E-state index in [-0.39, 0.29) is 30.2 Å². The fourth-order valence-electron chi connectivity index (χ4n) is 2.18. The van der Waals surface area contributed by atoms with E-state index in [9.17, 15) is 9.90 Å². The molecule has 2 rings (SSSR count). The molecule has 0 aliphatic carbocycles. The molecule has 0 aromatic carbocycles. The Morgan fingerprint density at radius 1 is 1.68 bits per heavy atom. The van der Waals surface area contributed by atoms with Gasteiger partial charge >= 0.3 is 0 Å². The zero-order valence-electron chi connectivity index (χ0n) is 11.2. The zero-order chi connectivity index (χ0) is 14.0. The van der Waals surface area contributed by atoms with Crippen molar-refractivity contribution in [2.75, 3.05) is 32.1 Å². The first-order valence-electron chi connectivity index (χ1n) is 6.39. The monoisotopic (exact) mass is 268 g/mol. The van der Waals surface area contributed by atoms with E-state index >= 15 is 0 Å². The number of nitrogen functional groups attached to an aromatic ring is 1. The van der Waals surface area contributed by atoms with Crippen molar-refractivity contribution in [1.29, 1.82) is 0 Å². The predicted molar refractivity (Wildman–Crippen MR) is 69.8 cm³/mol. The Hall–Kier alpha value is -1.60. The van der Waals surface area contributed by atoms with Crippen molar-refractivity contribution in [1.82, 2.24) is 15.1 Å².